The summed E-state index contributed by atoms with van der Waals surface area (Å²) in [6.07, 6.45) is -0.246. The van der Waals surface area contributed by atoms with Crippen molar-refractivity contribution in [1.29, 1.82) is 0 Å². The second-order valence-electron chi connectivity index (χ2n) is 3.32. The van der Waals surface area contributed by atoms with E-state index in [1.165, 1.54) is 12.1 Å². The van der Waals surface area contributed by atoms with E-state index in [9.17, 15) is 13.6 Å². The fourth-order valence-electron chi connectivity index (χ4n) is 1.53. The van der Waals surface area contributed by atoms with Crippen LogP contribution in [-0.2, 0) is 0 Å². The largest absolute Gasteiger partial charge is 0.365 e. The van der Waals surface area contributed by atoms with Gasteiger partial charge in [0.25, 0.3) is 0 Å². The molecule has 0 saturated carbocycles. The van der Waals surface area contributed by atoms with Crippen LogP contribution in [0.2, 0.25) is 0 Å². The second kappa shape index (κ2) is 3.36. The smallest absolute Gasteiger partial charge is 0.152 e. The lowest BCUT2D eigenvalue weighted by Crippen LogP contribution is -2.48. The number of rotatable bonds is 2. The number of halogens is 2. The predicted octanol–water partition coefficient (Wildman–Crippen LogP) is 1.80. The average Bonchev–Trinajstić information content (AvgIpc) is 2.13. The summed E-state index contributed by atoms with van der Waals surface area (Å²) in [5.41, 5.74) is 0.882. The van der Waals surface area contributed by atoms with Crippen molar-refractivity contribution in [3.8, 4) is 0 Å². The molecular weight excluding hydrogens is 188 g/mol. The highest BCUT2D eigenvalue weighted by Crippen LogP contribution is 2.25. The molecule has 0 bridgehead atoms. The molecule has 74 valence electrons. The minimum atomic E-state index is -0.834. The van der Waals surface area contributed by atoms with Crippen LogP contribution >= 0.6 is 0 Å². The molecule has 2 nitrogen and oxygen atoms in total. The Balaban J connectivity index is 2.28. The van der Waals surface area contributed by atoms with E-state index in [2.05, 4.69) is 0 Å². The van der Waals surface area contributed by atoms with Crippen LogP contribution < -0.4 is 4.90 Å². The molecule has 2 rings (SSSR count). The highest BCUT2D eigenvalue weighted by molar-refractivity contribution is 5.85. The first-order valence-corrected chi connectivity index (χ1v) is 4.34. The summed E-state index contributed by atoms with van der Waals surface area (Å²) < 4.78 is 25.3. The SMILES string of the molecule is O=Cc1cc(F)ccc1N1CC(F)C1. The van der Waals surface area contributed by atoms with E-state index in [1.807, 2.05) is 0 Å². The van der Waals surface area contributed by atoms with Crippen molar-refractivity contribution in [1.82, 2.24) is 0 Å². The van der Waals surface area contributed by atoms with Gasteiger partial charge in [-0.15, -0.1) is 0 Å². The lowest BCUT2D eigenvalue weighted by molar-refractivity contribution is 0.112. The zero-order valence-corrected chi connectivity index (χ0v) is 7.41. The van der Waals surface area contributed by atoms with Gasteiger partial charge in [-0.25, -0.2) is 8.78 Å². The van der Waals surface area contributed by atoms with Crippen LogP contribution in [0.4, 0.5) is 14.5 Å². The van der Waals surface area contributed by atoms with E-state index < -0.39 is 12.0 Å². The van der Waals surface area contributed by atoms with E-state index in [1.54, 1.807) is 4.90 Å². The van der Waals surface area contributed by atoms with Crippen molar-refractivity contribution in [2.24, 2.45) is 0 Å². The van der Waals surface area contributed by atoms with Crippen LogP contribution in [-0.4, -0.2) is 25.5 Å². The summed E-state index contributed by atoms with van der Waals surface area (Å²) in [7, 11) is 0. The Kier molecular flexibility index (Phi) is 2.19. The van der Waals surface area contributed by atoms with E-state index in [-0.39, 0.29) is 18.7 Å². The Hall–Kier alpha value is -1.45. The molecular formula is C10H9F2NO. The molecule has 1 saturated heterocycles. The van der Waals surface area contributed by atoms with Gasteiger partial charge < -0.3 is 4.90 Å². The number of hydrogen-bond acceptors (Lipinski definition) is 2. The van der Waals surface area contributed by atoms with Crippen LogP contribution in [0, 0.1) is 5.82 Å². The summed E-state index contributed by atoms with van der Waals surface area (Å²) in [6, 6.07) is 3.94. The molecule has 0 unspecified atom stereocenters. The van der Waals surface area contributed by atoms with Crippen LogP contribution in [0.15, 0.2) is 18.2 Å². The maximum Gasteiger partial charge on any atom is 0.152 e. The fourth-order valence-corrected chi connectivity index (χ4v) is 1.53. The lowest BCUT2D eigenvalue weighted by Gasteiger charge is -2.37. The number of benzene rings is 1. The monoisotopic (exact) mass is 197 g/mol. The lowest BCUT2D eigenvalue weighted by atomic mass is 10.1. The molecule has 0 aliphatic carbocycles. The van der Waals surface area contributed by atoms with E-state index in [4.69, 9.17) is 0 Å². The molecule has 0 aromatic heterocycles. The Morgan fingerprint density at radius 2 is 2.14 bits per heavy atom. The van der Waals surface area contributed by atoms with Crippen molar-refractivity contribution < 1.29 is 13.6 Å². The summed E-state index contributed by atoms with van der Waals surface area (Å²) >= 11 is 0. The van der Waals surface area contributed by atoms with Gasteiger partial charge in [0.15, 0.2) is 6.29 Å². The number of alkyl halides is 1. The van der Waals surface area contributed by atoms with Gasteiger partial charge in [-0.1, -0.05) is 0 Å². The van der Waals surface area contributed by atoms with Crippen molar-refractivity contribution in [3.63, 3.8) is 0 Å². The van der Waals surface area contributed by atoms with Crippen LogP contribution in [0.5, 0.6) is 0 Å². The first-order chi connectivity index (χ1) is 6.70. The third-order valence-electron chi connectivity index (χ3n) is 2.29. The summed E-state index contributed by atoms with van der Waals surface area (Å²) in [5, 5.41) is 0. The molecule has 1 aliphatic rings. The van der Waals surface area contributed by atoms with Gasteiger partial charge in [-0.05, 0) is 18.2 Å². The second-order valence-corrected chi connectivity index (χ2v) is 3.32. The van der Waals surface area contributed by atoms with Gasteiger partial charge in [0.1, 0.15) is 12.0 Å². The third kappa shape index (κ3) is 1.47. The number of aldehydes is 1. The molecule has 14 heavy (non-hydrogen) atoms. The molecule has 4 heteroatoms. The first kappa shape index (κ1) is 9.12. The summed E-state index contributed by atoms with van der Waals surface area (Å²) in [4.78, 5) is 12.3. The topological polar surface area (TPSA) is 20.3 Å². The van der Waals surface area contributed by atoms with Gasteiger partial charge in [0.2, 0.25) is 0 Å². The molecule has 1 aromatic rings. The van der Waals surface area contributed by atoms with Crippen LogP contribution in [0.1, 0.15) is 10.4 Å². The Morgan fingerprint density at radius 3 is 2.71 bits per heavy atom. The van der Waals surface area contributed by atoms with Gasteiger partial charge >= 0.3 is 0 Å². The van der Waals surface area contributed by atoms with E-state index >= 15 is 0 Å². The summed E-state index contributed by atoms with van der Waals surface area (Å²) in [6.45, 7) is 0.568. The first-order valence-electron chi connectivity index (χ1n) is 4.34. The number of anilines is 1. The number of hydrogen-bond donors (Lipinski definition) is 0. The molecule has 0 N–H and O–H groups in total. The maximum absolute atomic E-state index is 12.7. The van der Waals surface area contributed by atoms with Gasteiger partial charge in [-0.3, -0.25) is 4.79 Å². The molecule has 0 spiro atoms. The predicted molar refractivity (Wildman–Crippen MR) is 48.9 cm³/mol. The molecule has 0 amide bonds. The van der Waals surface area contributed by atoms with Crippen molar-refractivity contribution in [2.45, 2.75) is 6.17 Å². The Labute approximate surface area is 80.1 Å². The molecule has 0 atom stereocenters. The molecule has 1 fully saturated rings. The minimum Gasteiger partial charge on any atom is -0.365 e. The van der Waals surface area contributed by atoms with Crippen LogP contribution in [0.25, 0.3) is 0 Å². The zero-order valence-electron chi connectivity index (χ0n) is 7.41. The molecule has 1 heterocycles. The average molecular weight is 197 g/mol. The zero-order chi connectivity index (χ0) is 10.1. The highest BCUT2D eigenvalue weighted by Gasteiger charge is 2.27. The quantitative estimate of drug-likeness (QED) is 0.674. The number of carbonyl (C=O) groups excluding carboxylic acids is 1. The van der Waals surface area contributed by atoms with Gasteiger partial charge in [0, 0.05) is 11.3 Å². The van der Waals surface area contributed by atoms with Gasteiger partial charge in [0.05, 0.1) is 13.1 Å². The molecule has 1 aliphatic heterocycles. The number of carbonyl (C=O) groups is 1. The fraction of sp³-hybridized carbons (Fsp3) is 0.300. The summed E-state index contributed by atoms with van der Waals surface area (Å²) in [5.74, 6) is -0.451. The maximum atomic E-state index is 12.7. The Morgan fingerprint density at radius 1 is 1.43 bits per heavy atom. The minimum absolute atomic E-state index is 0.275. The normalized spacial score (nSPS) is 16.6. The van der Waals surface area contributed by atoms with E-state index in [0.717, 1.165) is 6.07 Å². The third-order valence-corrected chi connectivity index (χ3v) is 2.29. The van der Waals surface area contributed by atoms with Crippen molar-refractivity contribution in [2.75, 3.05) is 18.0 Å². The molecule has 0 radical (unpaired) electrons. The van der Waals surface area contributed by atoms with Crippen molar-refractivity contribution >= 4 is 12.0 Å². The standard InChI is InChI=1S/C10H9F2NO/c11-8-1-2-10(7(3-8)6-14)13-4-9(12)5-13/h1-3,6,9H,4-5H2. The Bertz CT molecular complexity index is 361. The van der Waals surface area contributed by atoms with Crippen LogP contribution in [0.3, 0.4) is 0 Å². The van der Waals surface area contributed by atoms with E-state index in [0.29, 0.717) is 12.0 Å². The van der Waals surface area contributed by atoms with Crippen molar-refractivity contribution in [3.05, 3.63) is 29.6 Å². The molecule has 1 aromatic carbocycles. The van der Waals surface area contributed by atoms with Gasteiger partial charge in [-0.2, -0.15) is 0 Å². The number of nitrogens with zero attached hydrogens (tertiary/aromatic N) is 1. The highest BCUT2D eigenvalue weighted by atomic mass is 19.1.